The van der Waals surface area contributed by atoms with Gasteiger partial charge in [-0.25, -0.2) is 4.98 Å². The van der Waals surface area contributed by atoms with Gasteiger partial charge in [0.05, 0.1) is 0 Å². The van der Waals surface area contributed by atoms with Crippen molar-refractivity contribution in [3.8, 4) is 0 Å². The Morgan fingerprint density at radius 2 is 1.16 bits per heavy atom. The van der Waals surface area contributed by atoms with Gasteiger partial charge in [-0.05, 0) is 19.9 Å². The summed E-state index contributed by atoms with van der Waals surface area (Å²) in [5.74, 6) is 0.968. The van der Waals surface area contributed by atoms with Crippen LogP contribution in [0.1, 0.15) is 103 Å². The van der Waals surface area contributed by atoms with Crippen LogP contribution in [0.5, 0.6) is 0 Å². The number of nitrogens with zero attached hydrogens (tertiary/aromatic N) is 1. The van der Waals surface area contributed by atoms with E-state index in [4.69, 9.17) is 5.73 Å². The van der Waals surface area contributed by atoms with Gasteiger partial charge in [0.2, 0.25) is 0 Å². The van der Waals surface area contributed by atoms with Crippen molar-refractivity contribution in [3.63, 3.8) is 0 Å². The van der Waals surface area contributed by atoms with Crippen molar-refractivity contribution in [2.75, 3.05) is 6.54 Å². The molecule has 0 aliphatic carbocycles. The standard InChI is InChI=1S/C16H35N.C4H6N2.2ClH/c1-2-3-4-5-6-7-8-9-10-11-12-13-14-15-16-17;1-4-5-2-3-6-4;;/h2-17H2,1H3;2-3H,1H3,(H,5,6);2*1H. The van der Waals surface area contributed by atoms with Gasteiger partial charge in [-0.15, -0.1) is 24.8 Å². The third-order valence-electron chi connectivity index (χ3n) is 4.19. The Hall–Kier alpha value is -0.250. The molecule has 5 heteroatoms. The average molecular weight is 396 g/mol. The number of hydrogen-bond donors (Lipinski definition) is 2. The first kappa shape index (κ1) is 29.5. The van der Waals surface area contributed by atoms with Crippen LogP contribution in [-0.4, -0.2) is 16.5 Å². The largest absolute Gasteiger partial charge is 0.349 e. The molecule has 1 rings (SSSR count). The monoisotopic (exact) mass is 395 g/mol. The van der Waals surface area contributed by atoms with E-state index in [1.807, 2.05) is 6.92 Å². The average Bonchev–Trinajstić information content (AvgIpc) is 3.03. The molecule has 0 fully saturated rings. The fourth-order valence-corrected chi connectivity index (χ4v) is 2.68. The lowest BCUT2D eigenvalue weighted by Gasteiger charge is -2.02. The molecule has 3 N–H and O–H groups in total. The topological polar surface area (TPSA) is 54.7 Å². The number of unbranched alkanes of at least 4 members (excludes halogenated alkanes) is 13. The van der Waals surface area contributed by atoms with Gasteiger partial charge in [0.25, 0.3) is 0 Å². The van der Waals surface area contributed by atoms with Crippen LogP contribution in [0.2, 0.25) is 0 Å². The zero-order valence-corrected chi connectivity index (χ0v) is 18.2. The van der Waals surface area contributed by atoms with E-state index in [2.05, 4.69) is 16.9 Å². The quantitative estimate of drug-likeness (QED) is 0.333. The maximum Gasteiger partial charge on any atom is 0.102 e. The highest BCUT2D eigenvalue weighted by atomic mass is 35.5. The number of aryl methyl sites for hydroxylation is 1. The third-order valence-corrected chi connectivity index (χ3v) is 4.19. The molecule has 152 valence electrons. The van der Waals surface area contributed by atoms with Crippen LogP contribution in [0, 0.1) is 6.92 Å². The predicted octanol–water partition coefficient (Wildman–Crippen LogP) is 6.99. The van der Waals surface area contributed by atoms with Crippen molar-refractivity contribution < 1.29 is 0 Å². The number of hydrogen-bond acceptors (Lipinski definition) is 2. The van der Waals surface area contributed by atoms with Crippen LogP contribution in [0.15, 0.2) is 12.4 Å². The Balaban J connectivity index is -0.000000509. The molecule has 0 unspecified atom stereocenters. The first-order valence-electron chi connectivity index (χ1n) is 9.97. The summed E-state index contributed by atoms with van der Waals surface area (Å²) in [5.41, 5.74) is 5.47. The van der Waals surface area contributed by atoms with E-state index in [-0.39, 0.29) is 24.8 Å². The highest BCUT2D eigenvalue weighted by Crippen LogP contribution is 2.12. The van der Waals surface area contributed by atoms with Gasteiger partial charge in [-0.2, -0.15) is 0 Å². The summed E-state index contributed by atoms with van der Waals surface area (Å²) in [6.45, 7) is 5.07. The molecule has 3 nitrogen and oxygen atoms in total. The summed E-state index contributed by atoms with van der Waals surface area (Å²) >= 11 is 0. The molecule has 0 spiro atoms. The minimum Gasteiger partial charge on any atom is -0.349 e. The second-order valence-electron chi connectivity index (χ2n) is 6.56. The van der Waals surface area contributed by atoms with Gasteiger partial charge >= 0.3 is 0 Å². The SMILES string of the molecule is CCCCCCCCCCCCCCCCN.Cc1ncc[nH]1.Cl.Cl. The van der Waals surface area contributed by atoms with E-state index in [0.29, 0.717) is 0 Å². The lowest BCUT2D eigenvalue weighted by Crippen LogP contribution is -1.97. The minimum absolute atomic E-state index is 0. The Labute approximate surface area is 169 Å². The molecule has 25 heavy (non-hydrogen) atoms. The molecular weight excluding hydrogens is 353 g/mol. The molecule has 1 aromatic heterocycles. The van der Waals surface area contributed by atoms with E-state index in [1.54, 1.807) is 12.4 Å². The molecule has 0 aromatic carbocycles. The Morgan fingerprint density at radius 3 is 1.40 bits per heavy atom. The van der Waals surface area contributed by atoms with E-state index < -0.39 is 0 Å². The van der Waals surface area contributed by atoms with Crippen molar-refractivity contribution >= 4 is 24.8 Å². The molecule has 0 saturated heterocycles. The smallest absolute Gasteiger partial charge is 0.102 e. The molecule has 0 aliphatic rings. The minimum atomic E-state index is 0. The molecule has 1 aromatic rings. The lowest BCUT2D eigenvalue weighted by molar-refractivity contribution is 0.536. The van der Waals surface area contributed by atoms with Gasteiger partial charge < -0.3 is 10.7 Å². The van der Waals surface area contributed by atoms with Gasteiger partial charge in [0.1, 0.15) is 5.82 Å². The van der Waals surface area contributed by atoms with Crippen molar-refractivity contribution in [1.82, 2.24) is 9.97 Å². The van der Waals surface area contributed by atoms with Crippen molar-refractivity contribution in [2.45, 2.75) is 104 Å². The molecule has 0 radical (unpaired) electrons. The number of imidazole rings is 1. The maximum absolute atomic E-state index is 5.47. The fourth-order valence-electron chi connectivity index (χ4n) is 2.68. The molecule has 0 bridgehead atoms. The molecule has 0 atom stereocenters. The molecular formula is C20H43Cl2N3. The number of rotatable bonds is 14. The second-order valence-corrected chi connectivity index (χ2v) is 6.56. The van der Waals surface area contributed by atoms with Crippen molar-refractivity contribution in [3.05, 3.63) is 18.2 Å². The second kappa shape index (κ2) is 26.0. The van der Waals surface area contributed by atoms with Crippen LogP contribution >= 0.6 is 24.8 Å². The number of aromatic amines is 1. The molecule has 1 heterocycles. The predicted molar refractivity (Wildman–Crippen MR) is 117 cm³/mol. The lowest BCUT2D eigenvalue weighted by atomic mass is 10.0. The van der Waals surface area contributed by atoms with E-state index in [0.717, 1.165) is 12.4 Å². The third kappa shape index (κ3) is 26.1. The summed E-state index contributed by atoms with van der Waals surface area (Å²) in [4.78, 5) is 6.75. The number of halogens is 2. The Bertz CT molecular complexity index is 292. The van der Waals surface area contributed by atoms with Crippen LogP contribution < -0.4 is 5.73 Å². The number of H-pyrrole nitrogens is 1. The maximum atomic E-state index is 5.47. The summed E-state index contributed by atoms with van der Waals surface area (Å²) < 4.78 is 0. The summed E-state index contributed by atoms with van der Waals surface area (Å²) in [6, 6.07) is 0. The van der Waals surface area contributed by atoms with Gasteiger partial charge in [0, 0.05) is 12.4 Å². The van der Waals surface area contributed by atoms with Crippen LogP contribution in [0.4, 0.5) is 0 Å². The fraction of sp³-hybridized carbons (Fsp3) is 0.850. The van der Waals surface area contributed by atoms with E-state index in [1.165, 1.54) is 89.9 Å². The normalized spacial score (nSPS) is 9.56. The zero-order valence-electron chi connectivity index (χ0n) is 16.6. The number of nitrogens with one attached hydrogen (secondary N) is 1. The van der Waals surface area contributed by atoms with E-state index >= 15 is 0 Å². The number of aromatic nitrogens is 2. The molecule has 0 amide bonds. The van der Waals surface area contributed by atoms with Crippen molar-refractivity contribution in [1.29, 1.82) is 0 Å². The summed E-state index contributed by atoms with van der Waals surface area (Å²) in [6.07, 6.45) is 23.4. The Morgan fingerprint density at radius 1 is 0.760 bits per heavy atom. The number of nitrogens with two attached hydrogens (primary N) is 1. The van der Waals surface area contributed by atoms with Crippen LogP contribution in [0.3, 0.4) is 0 Å². The van der Waals surface area contributed by atoms with Crippen molar-refractivity contribution in [2.24, 2.45) is 5.73 Å². The molecule has 0 aliphatic heterocycles. The van der Waals surface area contributed by atoms with Gasteiger partial charge in [-0.3, -0.25) is 0 Å². The summed E-state index contributed by atoms with van der Waals surface area (Å²) in [7, 11) is 0. The van der Waals surface area contributed by atoms with Gasteiger partial charge in [0.15, 0.2) is 0 Å². The first-order chi connectivity index (χ1) is 11.3. The highest BCUT2D eigenvalue weighted by molar-refractivity contribution is 5.85. The highest BCUT2D eigenvalue weighted by Gasteiger charge is 1.93. The molecule has 0 saturated carbocycles. The van der Waals surface area contributed by atoms with Crippen LogP contribution in [-0.2, 0) is 0 Å². The van der Waals surface area contributed by atoms with Crippen LogP contribution in [0.25, 0.3) is 0 Å². The zero-order chi connectivity index (χ0) is 17.0. The first-order valence-corrected chi connectivity index (χ1v) is 9.97. The Kier molecular flexibility index (Phi) is 30.7. The van der Waals surface area contributed by atoms with Gasteiger partial charge in [-0.1, -0.05) is 90.4 Å². The van der Waals surface area contributed by atoms with E-state index in [9.17, 15) is 0 Å². The summed E-state index contributed by atoms with van der Waals surface area (Å²) in [5, 5.41) is 0.